The Hall–Kier alpha value is -1.81. The number of thiophene rings is 1. The molecule has 0 saturated carbocycles. The average molecular weight is 302 g/mol. The number of nitrogen functional groups attached to an aromatic ring is 1. The van der Waals surface area contributed by atoms with Crippen LogP contribution in [0.4, 0.5) is 5.00 Å². The summed E-state index contributed by atoms with van der Waals surface area (Å²) >= 11 is 1.53. The fourth-order valence-corrected chi connectivity index (χ4v) is 3.56. The van der Waals surface area contributed by atoms with Crippen LogP contribution in [-0.4, -0.2) is 23.9 Å². The van der Waals surface area contributed by atoms with Crippen LogP contribution in [0.2, 0.25) is 0 Å². The summed E-state index contributed by atoms with van der Waals surface area (Å²) in [5.41, 5.74) is 8.93. The Morgan fingerprint density at radius 1 is 1.14 bits per heavy atom. The molecule has 0 radical (unpaired) electrons. The van der Waals surface area contributed by atoms with Crippen molar-refractivity contribution in [3.63, 3.8) is 0 Å². The second-order valence-electron chi connectivity index (χ2n) is 4.84. The van der Waals surface area contributed by atoms with Gasteiger partial charge >= 0.3 is 0 Å². The summed E-state index contributed by atoms with van der Waals surface area (Å²) in [5, 5.41) is 0.627. The topological polar surface area (TPSA) is 46.3 Å². The van der Waals surface area contributed by atoms with Gasteiger partial charge in [-0.25, -0.2) is 0 Å². The molecule has 0 aliphatic heterocycles. The quantitative estimate of drug-likeness (QED) is 0.906. The Kier molecular flexibility index (Phi) is 5.02. The summed E-state index contributed by atoms with van der Waals surface area (Å²) in [6.45, 7) is 7.48. The Bertz CT molecular complexity index is 615. The molecule has 1 amide bonds. The van der Waals surface area contributed by atoms with Crippen molar-refractivity contribution >= 4 is 22.2 Å². The van der Waals surface area contributed by atoms with E-state index in [1.807, 2.05) is 49.1 Å². The first-order valence-electron chi connectivity index (χ1n) is 7.39. The van der Waals surface area contributed by atoms with Gasteiger partial charge in [-0.15, -0.1) is 11.3 Å². The molecular formula is C17H22N2OS. The molecule has 0 bridgehead atoms. The summed E-state index contributed by atoms with van der Waals surface area (Å²) in [5.74, 6) is 0.0345. The van der Waals surface area contributed by atoms with Gasteiger partial charge in [0.05, 0.1) is 10.6 Å². The van der Waals surface area contributed by atoms with Crippen molar-refractivity contribution in [1.29, 1.82) is 0 Å². The van der Waals surface area contributed by atoms with E-state index in [1.54, 1.807) is 0 Å². The van der Waals surface area contributed by atoms with Gasteiger partial charge in [0.15, 0.2) is 0 Å². The largest absolute Gasteiger partial charge is 0.390 e. The fraction of sp³-hybridized carbons (Fsp3) is 0.353. The minimum Gasteiger partial charge on any atom is -0.390 e. The SMILES string of the molecule is CCc1sc(N)c(C(=O)N(CC)CC)c1-c1ccccc1. The van der Waals surface area contributed by atoms with Crippen LogP contribution in [0.5, 0.6) is 0 Å². The number of carbonyl (C=O) groups excluding carboxylic acids is 1. The highest BCUT2D eigenvalue weighted by Crippen LogP contribution is 2.39. The van der Waals surface area contributed by atoms with Gasteiger partial charge in [0.25, 0.3) is 5.91 Å². The predicted molar refractivity (Wildman–Crippen MR) is 90.8 cm³/mol. The zero-order valence-corrected chi connectivity index (χ0v) is 13.7. The molecule has 0 saturated heterocycles. The third kappa shape index (κ3) is 2.95. The molecule has 0 spiro atoms. The third-order valence-corrected chi connectivity index (χ3v) is 4.82. The van der Waals surface area contributed by atoms with E-state index in [2.05, 4.69) is 6.92 Å². The molecular weight excluding hydrogens is 280 g/mol. The maximum atomic E-state index is 12.8. The molecule has 1 aromatic carbocycles. The third-order valence-electron chi connectivity index (χ3n) is 3.66. The van der Waals surface area contributed by atoms with E-state index in [-0.39, 0.29) is 5.91 Å². The summed E-state index contributed by atoms with van der Waals surface area (Å²) in [6.07, 6.45) is 0.880. The zero-order chi connectivity index (χ0) is 15.4. The molecule has 4 heteroatoms. The predicted octanol–water partition coefficient (Wildman–Crippen LogP) is 4.04. The Morgan fingerprint density at radius 2 is 1.76 bits per heavy atom. The van der Waals surface area contributed by atoms with E-state index in [4.69, 9.17) is 5.73 Å². The number of benzene rings is 1. The van der Waals surface area contributed by atoms with E-state index in [9.17, 15) is 4.79 Å². The second kappa shape index (κ2) is 6.76. The Labute approximate surface area is 130 Å². The number of hydrogen-bond donors (Lipinski definition) is 1. The van der Waals surface area contributed by atoms with Gasteiger partial charge in [0.2, 0.25) is 0 Å². The van der Waals surface area contributed by atoms with E-state index < -0.39 is 0 Å². The van der Waals surface area contributed by atoms with Crippen molar-refractivity contribution in [2.75, 3.05) is 18.8 Å². The molecule has 3 nitrogen and oxygen atoms in total. The lowest BCUT2D eigenvalue weighted by Crippen LogP contribution is -2.31. The first-order chi connectivity index (χ1) is 10.1. The maximum Gasteiger partial charge on any atom is 0.257 e. The lowest BCUT2D eigenvalue weighted by Gasteiger charge is -2.19. The Balaban J connectivity index is 2.61. The monoisotopic (exact) mass is 302 g/mol. The number of amides is 1. The molecule has 2 rings (SSSR count). The fourth-order valence-electron chi connectivity index (χ4n) is 2.54. The van der Waals surface area contributed by atoms with Crippen molar-refractivity contribution in [2.45, 2.75) is 27.2 Å². The first-order valence-corrected chi connectivity index (χ1v) is 8.21. The van der Waals surface area contributed by atoms with E-state index >= 15 is 0 Å². The minimum absolute atomic E-state index is 0.0345. The smallest absolute Gasteiger partial charge is 0.257 e. The normalized spacial score (nSPS) is 10.6. The van der Waals surface area contributed by atoms with Gasteiger partial charge in [-0.2, -0.15) is 0 Å². The van der Waals surface area contributed by atoms with Crippen molar-refractivity contribution in [3.05, 3.63) is 40.8 Å². The molecule has 112 valence electrons. The van der Waals surface area contributed by atoms with Gasteiger partial charge in [0, 0.05) is 23.5 Å². The maximum absolute atomic E-state index is 12.8. The van der Waals surface area contributed by atoms with Crippen LogP contribution < -0.4 is 5.73 Å². The van der Waals surface area contributed by atoms with Crippen LogP contribution >= 0.6 is 11.3 Å². The molecule has 1 heterocycles. The molecule has 0 unspecified atom stereocenters. The molecule has 0 aliphatic rings. The molecule has 2 aromatic rings. The first kappa shape index (κ1) is 15.6. The minimum atomic E-state index is 0.0345. The lowest BCUT2D eigenvalue weighted by molar-refractivity contribution is 0.0775. The van der Waals surface area contributed by atoms with Crippen molar-refractivity contribution in [1.82, 2.24) is 4.90 Å². The summed E-state index contributed by atoms with van der Waals surface area (Å²) in [4.78, 5) is 15.8. The highest BCUT2D eigenvalue weighted by Gasteiger charge is 2.25. The van der Waals surface area contributed by atoms with Crippen molar-refractivity contribution in [3.8, 4) is 11.1 Å². The molecule has 1 aromatic heterocycles. The van der Waals surface area contributed by atoms with Crippen LogP contribution in [0.1, 0.15) is 36.0 Å². The summed E-state index contributed by atoms with van der Waals surface area (Å²) in [7, 11) is 0. The van der Waals surface area contributed by atoms with Crippen LogP contribution in [-0.2, 0) is 6.42 Å². The number of aryl methyl sites for hydroxylation is 1. The van der Waals surface area contributed by atoms with Crippen LogP contribution in [0.3, 0.4) is 0 Å². The number of hydrogen-bond acceptors (Lipinski definition) is 3. The molecule has 0 aliphatic carbocycles. The van der Waals surface area contributed by atoms with Crippen molar-refractivity contribution < 1.29 is 4.79 Å². The van der Waals surface area contributed by atoms with Crippen LogP contribution in [0.25, 0.3) is 11.1 Å². The summed E-state index contributed by atoms with van der Waals surface area (Å²) < 4.78 is 0. The van der Waals surface area contributed by atoms with E-state index in [1.165, 1.54) is 16.2 Å². The van der Waals surface area contributed by atoms with E-state index in [0.29, 0.717) is 23.7 Å². The number of nitrogens with zero attached hydrogens (tertiary/aromatic N) is 1. The number of anilines is 1. The van der Waals surface area contributed by atoms with Gasteiger partial charge in [0.1, 0.15) is 0 Å². The second-order valence-corrected chi connectivity index (χ2v) is 5.97. The molecule has 2 N–H and O–H groups in total. The lowest BCUT2D eigenvalue weighted by atomic mass is 9.99. The van der Waals surface area contributed by atoms with Gasteiger partial charge in [-0.05, 0) is 25.8 Å². The molecule has 0 atom stereocenters. The molecule has 0 fully saturated rings. The van der Waals surface area contributed by atoms with Crippen LogP contribution in [0.15, 0.2) is 30.3 Å². The zero-order valence-electron chi connectivity index (χ0n) is 12.8. The van der Waals surface area contributed by atoms with Gasteiger partial charge in [-0.1, -0.05) is 37.3 Å². The highest BCUT2D eigenvalue weighted by atomic mass is 32.1. The van der Waals surface area contributed by atoms with Gasteiger partial charge in [-0.3, -0.25) is 4.79 Å². The number of carbonyl (C=O) groups is 1. The van der Waals surface area contributed by atoms with E-state index in [0.717, 1.165) is 17.5 Å². The highest BCUT2D eigenvalue weighted by molar-refractivity contribution is 7.17. The van der Waals surface area contributed by atoms with Crippen LogP contribution in [0, 0.1) is 0 Å². The Morgan fingerprint density at radius 3 is 2.29 bits per heavy atom. The van der Waals surface area contributed by atoms with Crippen molar-refractivity contribution in [2.24, 2.45) is 0 Å². The number of nitrogens with two attached hydrogens (primary N) is 1. The number of rotatable bonds is 5. The van der Waals surface area contributed by atoms with Gasteiger partial charge < -0.3 is 10.6 Å². The molecule has 21 heavy (non-hydrogen) atoms. The summed E-state index contributed by atoms with van der Waals surface area (Å²) in [6, 6.07) is 10.1. The standard InChI is InChI=1S/C17H22N2OS/c1-4-13-14(12-10-8-7-9-11-12)15(16(18)21-13)17(20)19(5-2)6-3/h7-11H,4-6,18H2,1-3H3. The average Bonchev–Trinajstić information content (AvgIpc) is 2.85.